The normalized spacial score (nSPS) is 12.5. The SMILES string of the molecule is CCN(CC)[C@@H](C(=O)OC)c1cccc(Cl)c1. The molecule has 1 atom stereocenters. The first-order valence-corrected chi connectivity index (χ1v) is 6.09. The summed E-state index contributed by atoms with van der Waals surface area (Å²) in [6.45, 7) is 5.60. The molecule has 17 heavy (non-hydrogen) atoms. The zero-order valence-electron chi connectivity index (χ0n) is 10.4. The number of nitrogens with zero attached hydrogens (tertiary/aromatic N) is 1. The number of likely N-dealkylation sites (N-methyl/N-ethyl adjacent to an activating group) is 1. The van der Waals surface area contributed by atoms with E-state index in [1.807, 2.05) is 36.9 Å². The van der Waals surface area contributed by atoms with Gasteiger partial charge in [-0.25, -0.2) is 4.79 Å². The van der Waals surface area contributed by atoms with Gasteiger partial charge in [-0.3, -0.25) is 4.90 Å². The van der Waals surface area contributed by atoms with E-state index in [0.29, 0.717) is 5.02 Å². The second-order valence-corrected chi connectivity index (χ2v) is 4.14. The summed E-state index contributed by atoms with van der Waals surface area (Å²) in [6.07, 6.45) is 0. The summed E-state index contributed by atoms with van der Waals surface area (Å²) in [5.74, 6) is -0.254. The summed E-state index contributed by atoms with van der Waals surface area (Å²) in [5, 5.41) is 0.628. The minimum atomic E-state index is -0.381. The highest BCUT2D eigenvalue weighted by Gasteiger charge is 2.26. The molecule has 0 saturated heterocycles. The van der Waals surface area contributed by atoms with E-state index in [-0.39, 0.29) is 12.0 Å². The zero-order valence-corrected chi connectivity index (χ0v) is 11.2. The van der Waals surface area contributed by atoms with Crippen molar-refractivity contribution in [1.29, 1.82) is 0 Å². The predicted octanol–water partition coefficient (Wildman–Crippen LogP) is 2.90. The van der Waals surface area contributed by atoms with Crippen LogP contribution >= 0.6 is 11.6 Å². The van der Waals surface area contributed by atoms with Crippen LogP contribution in [0.15, 0.2) is 24.3 Å². The van der Waals surface area contributed by atoms with Gasteiger partial charge in [-0.1, -0.05) is 37.6 Å². The van der Waals surface area contributed by atoms with Crippen LogP contribution in [0.3, 0.4) is 0 Å². The lowest BCUT2D eigenvalue weighted by Crippen LogP contribution is -2.34. The molecular weight excluding hydrogens is 238 g/mol. The molecule has 3 nitrogen and oxygen atoms in total. The maximum Gasteiger partial charge on any atom is 0.327 e. The van der Waals surface area contributed by atoms with Crippen molar-refractivity contribution in [2.75, 3.05) is 20.2 Å². The Hall–Kier alpha value is -1.06. The summed E-state index contributed by atoms with van der Waals surface area (Å²) >= 11 is 5.96. The molecule has 0 N–H and O–H groups in total. The Morgan fingerprint density at radius 3 is 2.53 bits per heavy atom. The van der Waals surface area contributed by atoms with Gasteiger partial charge in [0.05, 0.1) is 7.11 Å². The minimum absolute atomic E-state index is 0.254. The monoisotopic (exact) mass is 255 g/mol. The van der Waals surface area contributed by atoms with Crippen molar-refractivity contribution in [3.05, 3.63) is 34.9 Å². The zero-order chi connectivity index (χ0) is 12.8. The average Bonchev–Trinajstić information content (AvgIpc) is 2.34. The third kappa shape index (κ3) is 3.45. The highest BCUT2D eigenvalue weighted by atomic mass is 35.5. The lowest BCUT2D eigenvalue weighted by atomic mass is 10.1. The summed E-state index contributed by atoms with van der Waals surface area (Å²) in [7, 11) is 1.41. The van der Waals surface area contributed by atoms with Gasteiger partial charge in [0, 0.05) is 5.02 Å². The number of methoxy groups -OCH3 is 1. The number of hydrogen-bond donors (Lipinski definition) is 0. The lowest BCUT2D eigenvalue weighted by molar-refractivity contribution is -0.147. The molecule has 1 aromatic carbocycles. The van der Waals surface area contributed by atoms with E-state index >= 15 is 0 Å². The van der Waals surface area contributed by atoms with E-state index in [4.69, 9.17) is 16.3 Å². The van der Waals surface area contributed by atoms with Crippen LogP contribution in [-0.2, 0) is 9.53 Å². The third-order valence-corrected chi connectivity index (χ3v) is 3.00. The van der Waals surface area contributed by atoms with Gasteiger partial charge in [-0.05, 0) is 30.8 Å². The molecule has 0 aliphatic rings. The van der Waals surface area contributed by atoms with Crippen LogP contribution in [0.5, 0.6) is 0 Å². The number of carbonyl (C=O) groups excluding carboxylic acids is 1. The molecule has 0 bridgehead atoms. The van der Waals surface area contributed by atoms with Crippen LogP contribution in [0.1, 0.15) is 25.5 Å². The first-order chi connectivity index (χ1) is 8.13. The molecule has 0 saturated carbocycles. The fourth-order valence-electron chi connectivity index (χ4n) is 1.87. The molecule has 0 aromatic heterocycles. The summed E-state index contributed by atoms with van der Waals surface area (Å²) in [6, 6.07) is 6.96. The minimum Gasteiger partial charge on any atom is -0.468 e. The second kappa shape index (κ2) is 6.62. The molecule has 0 aliphatic carbocycles. The highest BCUT2D eigenvalue weighted by molar-refractivity contribution is 6.30. The van der Waals surface area contributed by atoms with Crippen molar-refractivity contribution in [3.63, 3.8) is 0 Å². The van der Waals surface area contributed by atoms with Gasteiger partial charge in [0.2, 0.25) is 0 Å². The molecule has 94 valence electrons. The molecule has 0 spiro atoms. The number of carbonyl (C=O) groups is 1. The number of benzene rings is 1. The Labute approximate surface area is 107 Å². The Bertz CT molecular complexity index is 377. The molecule has 1 rings (SSSR count). The van der Waals surface area contributed by atoms with Crippen molar-refractivity contribution in [2.45, 2.75) is 19.9 Å². The molecule has 0 aliphatic heterocycles. The predicted molar refractivity (Wildman–Crippen MR) is 69.1 cm³/mol. The second-order valence-electron chi connectivity index (χ2n) is 3.70. The molecule has 1 aromatic rings. The van der Waals surface area contributed by atoms with Crippen molar-refractivity contribution < 1.29 is 9.53 Å². The van der Waals surface area contributed by atoms with Crippen LogP contribution in [0, 0.1) is 0 Å². The third-order valence-electron chi connectivity index (χ3n) is 2.77. The fourth-order valence-corrected chi connectivity index (χ4v) is 2.07. The number of rotatable bonds is 5. The van der Waals surface area contributed by atoms with Crippen molar-refractivity contribution >= 4 is 17.6 Å². The maximum atomic E-state index is 11.9. The number of ether oxygens (including phenoxy) is 1. The van der Waals surface area contributed by atoms with Crippen LogP contribution in [0.2, 0.25) is 5.02 Å². The van der Waals surface area contributed by atoms with Gasteiger partial charge in [-0.15, -0.1) is 0 Å². The van der Waals surface area contributed by atoms with E-state index in [9.17, 15) is 4.79 Å². The lowest BCUT2D eigenvalue weighted by Gasteiger charge is -2.27. The quantitative estimate of drug-likeness (QED) is 0.758. The van der Waals surface area contributed by atoms with Gasteiger partial charge in [0.1, 0.15) is 6.04 Å². The molecule has 4 heteroatoms. The van der Waals surface area contributed by atoms with Crippen molar-refractivity contribution in [3.8, 4) is 0 Å². The topological polar surface area (TPSA) is 29.5 Å². The Balaban J connectivity index is 3.09. The summed E-state index contributed by atoms with van der Waals surface area (Å²) in [5.41, 5.74) is 0.869. The maximum absolute atomic E-state index is 11.9. The van der Waals surface area contributed by atoms with Gasteiger partial charge >= 0.3 is 5.97 Å². The smallest absolute Gasteiger partial charge is 0.327 e. The van der Waals surface area contributed by atoms with E-state index < -0.39 is 0 Å². The van der Waals surface area contributed by atoms with Crippen LogP contribution in [0.4, 0.5) is 0 Å². The van der Waals surface area contributed by atoms with E-state index in [2.05, 4.69) is 0 Å². The molecule has 0 amide bonds. The molecule has 0 fully saturated rings. The van der Waals surface area contributed by atoms with E-state index in [1.165, 1.54) is 7.11 Å². The van der Waals surface area contributed by atoms with E-state index in [1.54, 1.807) is 6.07 Å². The summed E-state index contributed by atoms with van der Waals surface area (Å²) in [4.78, 5) is 13.9. The molecular formula is C13H18ClNO2. The van der Waals surface area contributed by atoms with Gasteiger partial charge < -0.3 is 4.74 Å². The van der Waals surface area contributed by atoms with Gasteiger partial charge in [0.15, 0.2) is 0 Å². The largest absolute Gasteiger partial charge is 0.468 e. The van der Waals surface area contributed by atoms with Crippen molar-refractivity contribution in [1.82, 2.24) is 4.90 Å². The standard InChI is InChI=1S/C13H18ClNO2/c1-4-15(5-2)12(13(16)17-3)10-7-6-8-11(14)9-10/h6-9,12H,4-5H2,1-3H3/t12-/m1/s1. The Morgan fingerprint density at radius 1 is 1.41 bits per heavy atom. The Morgan fingerprint density at radius 2 is 2.06 bits per heavy atom. The average molecular weight is 256 g/mol. The van der Waals surface area contributed by atoms with Gasteiger partial charge in [0.25, 0.3) is 0 Å². The summed E-state index contributed by atoms with van der Waals surface area (Å²) < 4.78 is 4.87. The number of halogens is 1. The Kier molecular flexibility index (Phi) is 5.45. The van der Waals surface area contributed by atoms with Crippen LogP contribution < -0.4 is 0 Å². The van der Waals surface area contributed by atoms with Crippen LogP contribution in [-0.4, -0.2) is 31.1 Å². The van der Waals surface area contributed by atoms with E-state index in [0.717, 1.165) is 18.7 Å². The van der Waals surface area contributed by atoms with Crippen LogP contribution in [0.25, 0.3) is 0 Å². The van der Waals surface area contributed by atoms with Crippen molar-refractivity contribution in [2.24, 2.45) is 0 Å². The molecule has 0 unspecified atom stereocenters. The first kappa shape index (κ1) is 14.0. The number of hydrogen-bond acceptors (Lipinski definition) is 3. The highest BCUT2D eigenvalue weighted by Crippen LogP contribution is 2.24. The molecule has 0 radical (unpaired) electrons. The first-order valence-electron chi connectivity index (χ1n) is 5.71. The molecule has 0 heterocycles. The number of esters is 1. The van der Waals surface area contributed by atoms with Gasteiger partial charge in [-0.2, -0.15) is 0 Å². The fraction of sp³-hybridized carbons (Fsp3) is 0.462.